The van der Waals surface area contributed by atoms with E-state index in [0.29, 0.717) is 0 Å². The number of anilines is 1. The number of nitrogens with one attached hydrogen (secondary N) is 1. The van der Waals surface area contributed by atoms with Crippen molar-refractivity contribution in [3.8, 4) is 0 Å². The second-order valence-electron chi connectivity index (χ2n) is 4.96. The van der Waals surface area contributed by atoms with Crippen LogP contribution in [0.3, 0.4) is 0 Å². The molecule has 1 aromatic carbocycles. The summed E-state index contributed by atoms with van der Waals surface area (Å²) in [6.07, 6.45) is 3.79. The highest BCUT2D eigenvalue weighted by Crippen LogP contribution is 2.12. The molecule has 0 radical (unpaired) electrons. The molecule has 2 aromatic rings. The van der Waals surface area contributed by atoms with Gasteiger partial charge in [-0.05, 0) is 38.7 Å². The summed E-state index contributed by atoms with van der Waals surface area (Å²) in [6.45, 7) is 4.86. The van der Waals surface area contributed by atoms with Gasteiger partial charge >= 0.3 is 0 Å². The van der Waals surface area contributed by atoms with Crippen LogP contribution in [-0.4, -0.2) is 28.5 Å². The number of benzene rings is 1. The normalized spacial score (nSPS) is 10.9. The highest BCUT2D eigenvalue weighted by atomic mass is 15.1. The van der Waals surface area contributed by atoms with Gasteiger partial charge in [0.1, 0.15) is 0 Å². The van der Waals surface area contributed by atoms with Crippen molar-refractivity contribution in [1.29, 1.82) is 0 Å². The van der Waals surface area contributed by atoms with Gasteiger partial charge in [-0.2, -0.15) is 0 Å². The summed E-state index contributed by atoms with van der Waals surface area (Å²) in [4.78, 5) is 6.34. The molecule has 4 heteroatoms. The Morgan fingerprint density at radius 1 is 1.21 bits per heavy atom. The maximum atomic E-state index is 4.17. The topological polar surface area (TPSA) is 33.1 Å². The number of hydrogen-bond donors (Lipinski definition) is 1. The Kier molecular flexibility index (Phi) is 4.58. The molecule has 0 bridgehead atoms. The molecular weight excluding hydrogens is 236 g/mol. The van der Waals surface area contributed by atoms with Crippen LogP contribution in [0.4, 0.5) is 5.69 Å². The Labute approximate surface area is 115 Å². The van der Waals surface area contributed by atoms with E-state index in [4.69, 9.17) is 0 Å². The zero-order valence-electron chi connectivity index (χ0n) is 11.9. The summed E-state index contributed by atoms with van der Waals surface area (Å²) < 4.78 is 2.15. The van der Waals surface area contributed by atoms with E-state index in [9.17, 15) is 0 Å². The van der Waals surface area contributed by atoms with Gasteiger partial charge in [0.15, 0.2) is 0 Å². The van der Waals surface area contributed by atoms with Crippen LogP contribution in [0.1, 0.15) is 18.2 Å². The molecule has 4 nitrogen and oxygen atoms in total. The van der Waals surface area contributed by atoms with Crippen LogP contribution in [0.5, 0.6) is 0 Å². The van der Waals surface area contributed by atoms with Gasteiger partial charge in [-0.15, -0.1) is 0 Å². The van der Waals surface area contributed by atoms with Crippen molar-refractivity contribution >= 4 is 5.69 Å². The van der Waals surface area contributed by atoms with Crippen LogP contribution in [0.2, 0.25) is 0 Å². The molecule has 0 spiro atoms. The summed E-state index contributed by atoms with van der Waals surface area (Å²) in [5, 5.41) is 3.43. The van der Waals surface area contributed by atoms with Gasteiger partial charge in [-0.25, -0.2) is 4.98 Å². The molecular formula is C15H22N4. The van der Waals surface area contributed by atoms with Crippen LogP contribution in [0.25, 0.3) is 0 Å². The Bertz CT molecular complexity index is 499. The first-order chi connectivity index (χ1) is 9.19. The first kappa shape index (κ1) is 13.6. The summed E-state index contributed by atoms with van der Waals surface area (Å²) in [6, 6.07) is 8.59. The van der Waals surface area contributed by atoms with Gasteiger partial charge in [0, 0.05) is 25.0 Å². The zero-order chi connectivity index (χ0) is 13.7. The average molecular weight is 258 g/mol. The van der Waals surface area contributed by atoms with E-state index in [1.54, 1.807) is 0 Å². The Morgan fingerprint density at radius 2 is 1.95 bits per heavy atom. The molecule has 0 aliphatic carbocycles. The number of aromatic nitrogens is 2. The minimum absolute atomic E-state index is 0.806. The van der Waals surface area contributed by atoms with Gasteiger partial charge in [0.25, 0.3) is 0 Å². The van der Waals surface area contributed by atoms with Crippen LogP contribution in [-0.2, 0) is 19.6 Å². The molecule has 0 fully saturated rings. The van der Waals surface area contributed by atoms with Crippen LogP contribution in [0, 0.1) is 0 Å². The quantitative estimate of drug-likeness (QED) is 0.864. The third-order valence-corrected chi connectivity index (χ3v) is 3.07. The van der Waals surface area contributed by atoms with E-state index in [1.807, 2.05) is 12.5 Å². The Balaban J connectivity index is 1.93. The molecule has 0 amide bonds. The number of imidazole rings is 1. The lowest BCUT2D eigenvalue weighted by atomic mass is 10.2. The first-order valence-electron chi connectivity index (χ1n) is 6.65. The lowest BCUT2D eigenvalue weighted by Crippen LogP contribution is -2.10. The minimum atomic E-state index is 0.806. The fraction of sp³-hybridized carbons (Fsp3) is 0.400. The largest absolute Gasteiger partial charge is 0.379 e. The molecule has 1 aromatic heterocycles. The minimum Gasteiger partial charge on any atom is -0.379 e. The fourth-order valence-electron chi connectivity index (χ4n) is 2.07. The fourth-order valence-corrected chi connectivity index (χ4v) is 2.07. The highest BCUT2D eigenvalue weighted by molar-refractivity contribution is 5.44. The Morgan fingerprint density at radius 3 is 2.58 bits per heavy atom. The van der Waals surface area contributed by atoms with Gasteiger partial charge in [0.05, 0.1) is 18.6 Å². The molecule has 2 rings (SSSR count). The summed E-state index contributed by atoms with van der Waals surface area (Å²) in [7, 11) is 4.16. The smallest absolute Gasteiger partial charge is 0.0948 e. The second kappa shape index (κ2) is 6.38. The molecule has 1 N–H and O–H groups in total. The predicted octanol–water partition coefficient (Wildman–Crippen LogP) is 2.58. The predicted molar refractivity (Wildman–Crippen MR) is 79.1 cm³/mol. The highest BCUT2D eigenvalue weighted by Gasteiger charge is 2.00. The summed E-state index contributed by atoms with van der Waals surface area (Å²) in [5.74, 6) is 0. The van der Waals surface area contributed by atoms with E-state index in [0.717, 1.165) is 25.3 Å². The van der Waals surface area contributed by atoms with Gasteiger partial charge in [-0.1, -0.05) is 12.1 Å². The standard InChI is InChI=1S/C15H22N4/c1-4-19-12-16-9-15(19)10-17-14-7-5-13(6-8-14)11-18(2)3/h5-9,12,17H,4,10-11H2,1-3H3. The molecule has 102 valence electrons. The lowest BCUT2D eigenvalue weighted by molar-refractivity contribution is 0.402. The molecule has 0 unspecified atom stereocenters. The third kappa shape index (κ3) is 3.83. The molecule has 1 heterocycles. The monoisotopic (exact) mass is 258 g/mol. The van der Waals surface area contributed by atoms with E-state index in [2.05, 4.69) is 65.1 Å². The maximum Gasteiger partial charge on any atom is 0.0948 e. The van der Waals surface area contributed by atoms with Gasteiger partial charge < -0.3 is 14.8 Å². The van der Waals surface area contributed by atoms with Crippen molar-refractivity contribution in [3.05, 3.63) is 48.0 Å². The number of nitrogens with zero attached hydrogens (tertiary/aromatic N) is 3. The van der Waals surface area contributed by atoms with E-state index in [1.165, 1.54) is 11.3 Å². The van der Waals surface area contributed by atoms with Crippen molar-refractivity contribution in [1.82, 2.24) is 14.5 Å². The van der Waals surface area contributed by atoms with Gasteiger partial charge in [0.2, 0.25) is 0 Å². The average Bonchev–Trinajstić information content (AvgIpc) is 2.84. The molecule has 0 saturated heterocycles. The number of hydrogen-bond acceptors (Lipinski definition) is 3. The maximum absolute atomic E-state index is 4.17. The first-order valence-corrected chi connectivity index (χ1v) is 6.65. The summed E-state index contributed by atoms with van der Waals surface area (Å²) >= 11 is 0. The third-order valence-electron chi connectivity index (χ3n) is 3.07. The number of rotatable bonds is 6. The van der Waals surface area contributed by atoms with Crippen LogP contribution < -0.4 is 5.32 Å². The molecule has 0 aliphatic heterocycles. The van der Waals surface area contributed by atoms with Crippen LogP contribution in [0.15, 0.2) is 36.8 Å². The van der Waals surface area contributed by atoms with Crippen molar-refractivity contribution in [2.24, 2.45) is 0 Å². The van der Waals surface area contributed by atoms with Crippen molar-refractivity contribution in [2.45, 2.75) is 26.6 Å². The van der Waals surface area contributed by atoms with E-state index >= 15 is 0 Å². The van der Waals surface area contributed by atoms with Crippen molar-refractivity contribution in [2.75, 3.05) is 19.4 Å². The molecule has 0 saturated carbocycles. The van der Waals surface area contributed by atoms with Gasteiger partial charge in [-0.3, -0.25) is 0 Å². The number of aryl methyl sites for hydroxylation is 1. The molecule has 19 heavy (non-hydrogen) atoms. The molecule has 0 aliphatic rings. The van der Waals surface area contributed by atoms with Crippen LogP contribution >= 0.6 is 0 Å². The van der Waals surface area contributed by atoms with E-state index in [-0.39, 0.29) is 0 Å². The SMILES string of the molecule is CCn1cncc1CNc1ccc(CN(C)C)cc1. The lowest BCUT2D eigenvalue weighted by Gasteiger charge is -2.11. The van der Waals surface area contributed by atoms with Crippen molar-refractivity contribution in [3.63, 3.8) is 0 Å². The Hall–Kier alpha value is -1.81. The van der Waals surface area contributed by atoms with E-state index < -0.39 is 0 Å². The second-order valence-corrected chi connectivity index (χ2v) is 4.96. The molecule has 0 atom stereocenters. The summed E-state index contributed by atoms with van der Waals surface area (Å²) in [5.41, 5.74) is 3.68. The zero-order valence-corrected chi connectivity index (χ0v) is 11.9. The van der Waals surface area contributed by atoms with Crippen molar-refractivity contribution < 1.29 is 0 Å².